The van der Waals surface area contributed by atoms with Crippen LogP contribution in [0.25, 0.3) is 10.9 Å². The van der Waals surface area contributed by atoms with Crippen LogP contribution in [-0.2, 0) is 10.0 Å². The van der Waals surface area contributed by atoms with Gasteiger partial charge in [-0.2, -0.15) is 0 Å². The van der Waals surface area contributed by atoms with Crippen molar-refractivity contribution in [3.63, 3.8) is 0 Å². The van der Waals surface area contributed by atoms with Crippen molar-refractivity contribution < 1.29 is 12.9 Å². The highest BCUT2D eigenvalue weighted by atomic mass is 32.2. The largest absolute Gasteiger partial charge is 0.399 e. The quantitative estimate of drug-likeness (QED) is 0.637. The van der Waals surface area contributed by atoms with Crippen LogP contribution in [0.5, 0.6) is 0 Å². The summed E-state index contributed by atoms with van der Waals surface area (Å²) in [6, 6.07) is 6.53. The Morgan fingerprint density at radius 2 is 2.15 bits per heavy atom. The van der Waals surface area contributed by atoms with Crippen LogP contribution >= 0.6 is 0 Å². The Bertz CT molecular complexity index is 879. The lowest BCUT2D eigenvalue weighted by Crippen LogP contribution is -2.12. The molecule has 20 heavy (non-hydrogen) atoms. The van der Waals surface area contributed by atoms with Crippen LogP contribution in [0, 0.1) is 6.92 Å². The number of nitrogens with zero attached hydrogens (tertiary/aromatic N) is 1. The van der Waals surface area contributed by atoms with Gasteiger partial charge in [-0.15, -0.1) is 0 Å². The smallest absolute Gasteiger partial charge is 0.265 e. The molecule has 0 bridgehead atoms. The molecule has 7 nitrogen and oxygen atoms in total. The first-order chi connectivity index (χ1) is 9.45. The molecule has 0 unspecified atom stereocenters. The third-order valence-electron chi connectivity index (χ3n) is 2.82. The highest BCUT2D eigenvalue weighted by Crippen LogP contribution is 2.26. The maximum absolute atomic E-state index is 12.3. The van der Waals surface area contributed by atoms with Crippen LogP contribution < -0.4 is 10.5 Å². The standard InChI is InChI=1S/C12H12N4O3S/c1-7-4-12(15-19-7)16-20(17,18)11-6-14-10-3-2-8(13)5-9(10)11/h2-6,14H,13H2,1H3,(H,15,16). The van der Waals surface area contributed by atoms with Crippen LogP contribution in [0.1, 0.15) is 5.76 Å². The van der Waals surface area contributed by atoms with Gasteiger partial charge in [-0.3, -0.25) is 4.72 Å². The summed E-state index contributed by atoms with van der Waals surface area (Å²) >= 11 is 0. The Hall–Kier alpha value is -2.48. The minimum atomic E-state index is -3.76. The molecule has 0 atom stereocenters. The van der Waals surface area contributed by atoms with Gasteiger partial charge in [0, 0.05) is 28.9 Å². The number of fused-ring (bicyclic) bond motifs is 1. The van der Waals surface area contributed by atoms with Gasteiger partial charge in [0.1, 0.15) is 10.7 Å². The third kappa shape index (κ3) is 2.10. The first-order valence-electron chi connectivity index (χ1n) is 5.78. The Kier molecular flexibility index (Phi) is 2.68. The predicted octanol–water partition coefficient (Wildman–Crippen LogP) is 1.85. The molecule has 0 aliphatic heterocycles. The fraction of sp³-hybridized carbons (Fsp3) is 0.0833. The zero-order valence-electron chi connectivity index (χ0n) is 10.5. The molecule has 0 aliphatic carbocycles. The number of benzene rings is 1. The number of anilines is 2. The van der Waals surface area contributed by atoms with Crippen LogP contribution in [0.2, 0.25) is 0 Å². The van der Waals surface area contributed by atoms with Gasteiger partial charge in [-0.05, 0) is 25.1 Å². The molecule has 2 heterocycles. The number of hydrogen-bond donors (Lipinski definition) is 3. The first-order valence-corrected chi connectivity index (χ1v) is 7.27. The van der Waals surface area contributed by atoms with E-state index in [9.17, 15) is 8.42 Å². The third-order valence-corrected chi connectivity index (χ3v) is 4.22. The van der Waals surface area contributed by atoms with Crippen molar-refractivity contribution in [2.24, 2.45) is 0 Å². The van der Waals surface area contributed by atoms with E-state index in [4.69, 9.17) is 10.3 Å². The van der Waals surface area contributed by atoms with Crippen molar-refractivity contribution >= 4 is 32.4 Å². The molecule has 2 aromatic heterocycles. The van der Waals surface area contributed by atoms with Gasteiger partial charge in [-0.25, -0.2) is 8.42 Å². The molecule has 0 aliphatic rings. The second-order valence-corrected chi connectivity index (χ2v) is 6.04. The molecule has 3 rings (SSSR count). The number of aromatic amines is 1. The van der Waals surface area contributed by atoms with E-state index in [-0.39, 0.29) is 10.7 Å². The highest BCUT2D eigenvalue weighted by molar-refractivity contribution is 7.93. The molecule has 0 spiro atoms. The summed E-state index contributed by atoms with van der Waals surface area (Å²) in [6.07, 6.45) is 1.42. The van der Waals surface area contributed by atoms with E-state index >= 15 is 0 Å². The lowest BCUT2D eigenvalue weighted by Gasteiger charge is -2.03. The van der Waals surface area contributed by atoms with E-state index in [1.807, 2.05) is 0 Å². The van der Waals surface area contributed by atoms with Gasteiger partial charge in [-0.1, -0.05) is 5.16 Å². The first kappa shape index (κ1) is 12.5. The minimum Gasteiger partial charge on any atom is -0.399 e. The topological polar surface area (TPSA) is 114 Å². The monoisotopic (exact) mass is 292 g/mol. The number of aromatic nitrogens is 2. The zero-order chi connectivity index (χ0) is 14.3. The summed E-state index contributed by atoms with van der Waals surface area (Å²) < 4.78 is 31.9. The SMILES string of the molecule is Cc1cc(NS(=O)(=O)c2c[nH]c3ccc(N)cc23)no1. The van der Waals surface area contributed by atoms with Gasteiger partial charge in [0.25, 0.3) is 10.0 Å². The number of H-pyrrole nitrogens is 1. The molecule has 0 saturated carbocycles. The summed E-state index contributed by atoms with van der Waals surface area (Å²) in [5.41, 5.74) is 6.88. The molecular formula is C12H12N4O3S. The van der Waals surface area contributed by atoms with Crippen molar-refractivity contribution in [1.29, 1.82) is 0 Å². The van der Waals surface area contributed by atoms with E-state index in [1.54, 1.807) is 25.1 Å². The fourth-order valence-electron chi connectivity index (χ4n) is 1.94. The minimum absolute atomic E-state index is 0.112. The summed E-state index contributed by atoms with van der Waals surface area (Å²) in [5, 5.41) is 4.13. The van der Waals surface area contributed by atoms with Crippen LogP contribution in [0.3, 0.4) is 0 Å². The van der Waals surface area contributed by atoms with Gasteiger partial charge in [0.05, 0.1) is 0 Å². The molecule has 0 fully saturated rings. The highest BCUT2D eigenvalue weighted by Gasteiger charge is 2.20. The summed E-state index contributed by atoms with van der Waals surface area (Å²) in [7, 11) is -3.76. The molecule has 0 saturated heterocycles. The molecule has 0 amide bonds. The van der Waals surface area contributed by atoms with Crippen molar-refractivity contribution in [3.8, 4) is 0 Å². The van der Waals surface area contributed by atoms with E-state index in [0.29, 0.717) is 22.4 Å². The molecule has 0 radical (unpaired) electrons. The van der Waals surface area contributed by atoms with Gasteiger partial charge >= 0.3 is 0 Å². The second kappa shape index (κ2) is 4.27. The zero-order valence-corrected chi connectivity index (χ0v) is 11.4. The van der Waals surface area contributed by atoms with Crippen LogP contribution in [0.4, 0.5) is 11.5 Å². The number of hydrogen-bond acceptors (Lipinski definition) is 5. The van der Waals surface area contributed by atoms with Gasteiger partial charge in [0.15, 0.2) is 5.82 Å². The fourth-order valence-corrected chi connectivity index (χ4v) is 3.10. The molecule has 4 N–H and O–H groups in total. The normalized spacial score (nSPS) is 11.8. The maximum atomic E-state index is 12.3. The molecule has 8 heteroatoms. The molecule has 3 aromatic rings. The van der Waals surface area contributed by atoms with Gasteiger partial charge in [0.2, 0.25) is 0 Å². The second-order valence-electron chi connectivity index (χ2n) is 4.39. The van der Waals surface area contributed by atoms with E-state index in [2.05, 4.69) is 14.9 Å². The Balaban J connectivity index is 2.07. The Labute approximate surface area is 114 Å². The van der Waals surface area contributed by atoms with Crippen molar-refractivity contribution in [2.45, 2.75) is 11.8 Å². The number of nitrogens with one attached hydrogen (secondary N) is 2. The molecule has 104 valence electrons. The van der Waals surface area contributed by atoms with E-state index < -0.39 is 10.0 Å². The Morgan fingerprint density at radius 1 is 1.35 bits per heavy atom. The maximum Gasteiger partial charge on any atom is 0.265 e. The molecule has 1 aromatic carbocycles. The average Bonchev–Trinajstić information content (AvgIpc) is 2.95. The number of nitrogens with two attached hydrogens (primary N) is 1. The number of sulfonamides is 1. The molecular weight excluding hydrogens is 280 g/mol. The predicted molar refractivity (Wildman–Crippen MR) is 74.8 cm³/mol. The van der Waals surface area contributed by atoms with Crippen LogP contribution in [-0.4, -0.2) is 18.6 Å². The number of nitrogen functional groups attached to an aromatic ring is 1. The Morgan fingerprint density at radius 3 is 2.85 bits per heavy atom. The average molecular weight is 292 g/mol. The van der Waals surface area contributed by atoms with Crippen molar-refractivity contribution in [3.05, 3.63) is 36.2 Å². The number of rotatable bonds is 3. The van der Waals surface area contributed by atoms with Crippen molar-refractivity contribution in [2.75, 3.05) is 10.5 Å². The van der Waals surface area contributed by atoms with Crippen molar-refractivity contribution in [1.82, 2.24) is 10.1 Å². The number of aryl methyl sites for hydroxylation is 1. The lowest BCUT2D eigenvalue weighted by molar-refractivity contribution is 0.400. The van der Waals surface area contributed by atoms with E-state index in [1.165, 1.54) is 12.3 Å². The lowest BCUT2D eigenvalue weighted by atomic mass is 10.2. The van der Waals surface area contributed by atoms with Crippen LogP contribution in [0.15, 0.2) is 39.9 Å². The summed E-state index contributed by atoms with van der Waals surface area (Å²) in [4.78, 5) is 3.01. The van der Waals surface area contributed by atoms with Gasteiger partial charge < -0.3 is 15.2 Å². The summed E-state index contributed by atoms with van der Waals surface area (Å²) in [6.45, 7) is 1.68. The van der Waals surface area contributed by atoms with E-state index in [0.717, 1.165) is 0 Å². The summed E-state index contributed by atoms with van der Waals surface area (Å²) in [5.74, 6) is 0.659.